The van der Waals surface area contributed by atoms with Gasteiger partial charge in [0.05, 0.1) is 0 Å². The van der Waals surface area contributed by atoms with Crippen LogP contribution < -0.4 is 5.32 Å². The summed E-state index contributed by atoms with van der Waals surface area (Å²) in [5, 5.41) is 6.16. The van der Waals surface area contributed by atoms with Gasteiger partial charge in [0.2, 0.25) is 0 Å². The van der Waals surface area contributed by atoms with Crippen molar-refractivity contribution in [1.82, 2.24) is 19.9 Å². The largest absolute Gasteiger partial charge is 0.346 e. The van der Waals surface area contributed by atoms with E-state index in [0.29, 0.717) is 11.3 Å². The molecule has 1 aromatic carbocycles. The molecule has 0 aliphatic carbocycles. The molecule has 26 heavy (non-hydrogen) atoms. The van der Waals surface area contributed by atoms with Gasteiger partial charge in [0.1, 0.15) is 22.2 Å². The number of benzene rings is 1. The maximum absolute atomic E-state index is 13.6. The summed E-state index contributed by atoms with van der Waals surface area (Å²) in [7, 11) is 1.93. The number of halogens is 1. The molecule has 4 aromatic rings. The van der Waals surface area contributed by atoms with Crippen LogP contribution in [0.25, 0.3) is 21.6 Å². The number of rotatable bonds is 4. The first-order valence-electron chi connectivity index (χ1n) is 8.01. The first-order valence-corrected chi connectivity index (χ1v) is 8.89. The molecule has 0 spiro atoms. The fraction of sp³-hybridized carbons (Fsp3) is 0.105. The number of hydrogen-bond donors (Lipinski definition) is 1. The Kier molecular flexibility index (Phi) is 4.22. The maximum Gasteiger partial charge on any atom is 0.271 e. The third-order valence-electron chi connectivity index (χ3n) is 4.10. The summed E-state index contributed by atoms with van der Waals surface area (Å²) in [6.45, 7) is 0.122. The van der Waals surface area contributed by atoms with Gasteiger partial charge in [-0.1, -0.05) is 18.2 Å². The number of carbonyl (C=O) groups is 1. The number of amides is 1. The van der Waals surface area contributed by atoms with Gasteiger partial charge in [0.25, 0.3) is 5.91 Å². The molecule has 0 saturated carbocycles. The molecule has 130 valence electrons. The molecule has 0 unspecified atom stereocenters. The molecule has 4 rings (SSSR count). The van der Waals surface area contributed by atoms with Crippen LogP contribution in [0.2, 0.25) is 0 Å². The lowest BCUT2D eigenvalue weighted by molar-refractivity contribution is 0.0946. The summed E-state index contributed by atoms with van der Waals surface area (Å²) in [6.07, 6.45) is 3.70. The number of fused-ring (bicyclic) bond motifs is 1. The molecule has 3 heterocycles. The molecule has 0 fully saturated rings. The number of aromatic nitrogens is 3. The predicted molar refractivity (Wildman–Crippen MR) is 99.4 cm³/mol. The summed E-state index contributed by atoms with van der Waals surface area (Å²) < 4.78 is 15.6. The Hall–Kier alpha value is -3.06. The highest BCUT2D eigenvalue weighted by atomic mass is 32.1. The van der Waals surface area contributed by atoms with Crippen LogP contribution in [0, 0.1) is 5.82 Å². The van der Waals surface area contributed by atoms with E-state index in [9.17, 15) is 9.18 Å². The Morgan fingerprint density at radius 3 is 2.96 bits per heavy atom. The van der Waals surface area contributed by atoms with Crippen molar-refractivity contribution in [2.75, 3.05) is 0 Å². The number of thiazole rings is 1. The van der Waals surface area contributed by atoms with Crippen molar-refractivity contribution in [3.8, 4) is 10.6 Å². The van der Waals surface area contributed by atoms with Crippen LogP contribution in [0.1, 0.15) is 16.1 Å². The highest BCUT2D eigenvalue weighted by molar-refractivity contribution is 7.13. The monoisotopic (exact) mass is 366 g/mol. The topological polar surface area (TPSA) is 59.8 Å². The molecule has 0 bridgehead atoms. The Labute approximate surface area is 153 Å². The zero-order valence-electron chi connectivity index (χ0n) is 13.9. The van der Waals surface area contributed by atoms with E-state index >= 15 is 0 Å². The van der Waals surface area contributed by atoms with Crippen molar-refractivity contribution in [3.05, 3.63) is 71.2 Å². The smallest absolute Gasteiger partial charge is 0.271 e. The lowest BCUT2D eigenvalue weighted by Crippen LogP contribution is -2.23. The number of pyridine rings is 1. The van der Waals surface area contributed by atoms with Crippen LogP contribution in [0.15, 0.2) is 54.2 Å². The SMILES string of the molecule is Cn1cc(-c2nc(C(=O)NCc3ccccc3F)cs2)c2cccnc21. The normalized spacial score (nSPS) is 11.0. The van der Waals surface area contributed by atoms with Crippen molar-refractivity contribution in [1.29, 1.82) is 0 Å². The van der Waals surface area contributed by atoms with E-state index in [1.165, 1.54) is 17.4 Å². The van der Waals surface area contributed by atoms with E-state index in [2.05, 4.69) is 15.3 Å². The summed E-state index contributed by atoms with van der Waals surface area (Å²) in [6, 6.07) is 10.2. The van der Waals surface area contributed by atoms with Gasteiger partial charge in [-0.2, -0.15) is 0 Å². The lowest BCUT2D eigenvalue weighted by Gasteiger charge is -2.04. The lowest BCUT2D eigenvalue weighted by atomic mass is 10.2. The van der Waals surface area contributed by atoms with Crippen molar-refractivity contribution >= 4 is 28.3 Å². The Balaban J connectivity index is 1.56. The Morgan fingerprint density at radius 2 is 2.12 bits per heavy atom. The fourth-order valence-corrected chi connectivity index (χ4v) is 3.62. The summed E-state index contributed by atoms with van der Waals surface area (Å²) >= 11 is 1.40. The van der Waals surface area contributed by atoms with Crippen LogP contribution in [-0.4, -0.2) is 20.4 Å². The molecule has 0 atom stereocenters. The van der Waals surface area contributed by atoms with E-state index in [1.54, 1.807) is 29.8 Å². The minimum atomic E-state index is -0.338. The molecule has 1 amide bonds. The van der Waals surface area contributed by atoms with Crippen LogP contribution in [0.5, 0.6) is 0 Å². The number of nitrogens with one attached hydrogen (secondary N) is 1. The molecule has 0 saturated heterocycles. The van der Waals surface area contributed by atoms with Crippen molar-refractivity contribution in [2.45, 2.75) is 6.54 Å². The molecular weight excluding hydrogens is 351 g/mol. The average molecular weight is 366 g/mol. The van der Waals surface area contributed by atoms with Gasteiger partial charge in [0, 0.05) is 47.9 Å². The van der Waals surface area contributed by atoms with Gasteiger partial charge in [-0.05, 0) is 18.2 Å². The summed E-state index contributed by atoms with van der Waals surface area (Å²) in [4.78, 5) is 21.2. The first kappa shape index (κ1) is 16.4. The Morgan fingerprint density at radius 1 is 1.27 bits per heavy atom. The third kappa shape index (κ3) is 2.97. The van der Waals surface area contributed by atoms with Gasteiger partial charge in [-0.3, -0.25) is 4.79 Å². The van der Waals surface area contributed by atoms with Crippen molar-refractivity contribution < 1.29 is 9.18 Å². The summed E-state index contributed by atoms with van der Waals surface area (Å²) in [5.74, 6) is -0.663. The van der Waals surface area contributed by atoms with Gasteiger partial charge in [-0.25, -0.2) is 14.4 Å². The average Bonchev–Trinajstić information content (AvgIpc) is 3.26. The molecule has 1 N–H and O–H groups in total. The van der Waals surface area contributed by atoms with Gasteiger partial charge >= 0.3 is 0 Å². The molecule has 0 aliphatic heterocycles. The molecule has 0 radical (unpaired) electrons. The van der Waals surface area contributed by atoms with Crippen LogP contribution in [-0.2, 0) is 13.6 Å². The van der Waals surface area contributed by atoms with Crippen molar-refractivity contribution in [3.63, 3.8) is 0 Å². The highest BCUT2D eigenvalue weighted by Gasteiger charge is 2.16. The number of nitrogens with zero attached hydrogens (tertiary/aromatic N) is 3. The second-order valence-corrected chi connectivity index (χ2v) is 6.70. The van der Waals surface area contributed by atoms with Gasteiger partial charge < -0.3 is 9.88 Å². The molecule has 7 heteroatoms. The highest BCUT2D eigenvalue weighted by Crippen LogP contribution is 2.31. The van der Waals surface area contributed by atoms with Gasteiger partial charge in [-0.15, -0.1) is 11.3 Å². The molecule has 3 aromatic heterocycles. The maximum atomic E-state index is 13.6. The quantitative estimate of drug-likeness (QED) is 0.598. The standard InChI is InChI=1S/C19H15FN4OS/c1-24-10-14(13-6-4-8-21-17(13)24)19-23-16(11-26-19)18(25)22-9-12-5-2-3-7-15(12)20/h2-8,10-11H,9H2,1H3,(H,22,25). The molecular formula is C19H15FN4OS. The first-order chi connectivity index (χ1) is 12.6. The summed E-state index contributed by atoms with van der Waals surface area (Å²) in [5.41, 5.74) is 2.57. The van der Waals surface area contributed by atoms with E-state index in [-0.39, 0.29) is 18.3 Å². The number of hydrogen-bond acceptors (Lipinski definition) is 4. The molecule has 5 nitrogen and oxygen atoms in total. The third-order valence-corrected chi connectivity index (χ3v) is 4.97. The minimum absolute atomic E-state index is 0.122. The van der Waals surface area contributed by atoms with Crippen LogP contribution >= 0.6 is 11.3 Å². The van der Waals surface area contributed by atoms with Crippen LogP contribution in [0.4, 0.5) is 4.39 Å². The molecule has 0 aliphatic rings. The van der Waals surface area contributed by atoms with E-state index in [0.717, 1.165) is 21.6 Å². The van der Waals surface area contributed by atoms with E-state index in [1.807, 2.05) is 29.9 Å². The zero-order chi connectivity index (χ0) is 18.1. The van der Waals surface area contributed by atoms with E-state index < -0.39 is 0 Å². The van der Waals surface area contributed by atoms with E-state index in [4.69, 9.17) is 0 Å². The minimum Gasteiger partial charge on any atom is -0.346 e. The predicted octanol–water partition coefficient (Wildman–Crippen LogP) is 3.77. The fourth-order valence-electron chi connectivity index (χ4n) is 2.79. The second kappa shape index (κ2) is 6.68. The zero-order valence-corrected chi connectivity index (χ0v) is 14.8. The second-order valence-electron chi connectivity index (χ2n) is 5.84. The van der Waals surface area contributed by atoms with Crippen molar-refractivity contribution in [2.24, 2.45) is 7.05 Å². The Bertz CT molecular complexity index is 1100. The number of aryl methyl sites for hydroxylation is 1. The van der Waals surface area contributed by atoms with Gasteiger partial charge in [0.15, 0.2) is 0 Å². The number of carbonyl (C=O) groups excluding carboxylic acids is 1. The van der Waals surface area contributed by atoms with Crippen LogP contribution in [0.3, 0.4) is 0 Å².